The topological polar surface area (TPSA) is 49.8 Å². The monoisotopic (exact) mass is 322 g/mol. The van der Waals surface area contributed by atoms with Gasteiger partial charge in [0.1, 0.15) is 10.6 Å². The molecule has 0 bridgehead atoms. The molecule has 0 radical (unpaired) electrons. The van der Waals surface area contributed by atoms with Gasteiger partial charge in [0.15, 0.2) is 0 Å². The van der Waals surface area contributed by atoms with Gasteiger partial charge in [-0.1, -0.05) is 6.92 Å². The van der Waals surface area contributed by atoms with Crippen LogP contribution in [0, 0.1) is 6.92 Å². The largest absolute Gasteiger partial charge is 0.366 e. The Bertz CT molecular complexity index is 605. The highest BCUT2D eigenvalue weighted by molar-refractivity contribution is 7.99. The number of anilines is 2. The van der Waals surface area contributed by atoms with Crippen LogP contribution in [-0.4, -0.2) is 34.1 Å². The fourth-order valence-electron chi connectivity index (χ4n) is 2.52. The lowest BCUT2D eigenvalue weighted by Crippen LogP contribution is -2.26. The van der Waals surface area contributed by atoms with Crippen molar-refractivity contribution >= 4 is 45.1 Å². The van der Waals surface area contributed by atoms with Crippen LogP contribution in [0.3, 0.4) is 0 Å². The number of fused-ring (bicyclic) bond motifs is 1. The Balaban J connectivity index is 1.89. The molecule has 1 aliphatic rings. The van der Waals surface area contributed by atoms with Crippen LogP contribution in [-0.2, 0) is 0 Å². The first-order valence-electron chi connectivity index (χ1n) is 7.62. The van der Waals surface area contributed by atoms with Gasteiger partial charge in [-0.05, 0) is 38.0 Å². The minimum Gasteiger partial charge on any atom is -0.366 e. The smallest absolute Gasteiger partial charge is 0.226 e. The van der Waals surface area contributed by atoms with Crippen molar-refractivity contribution in [2.45, 2.75) is 39.2 Å². The number of aryl methyl sites for hydroxylation is 1. The molecule has 0 aliphatic carbocycles. The molecule has 1 aliphatic heterocycles. The molecule has 21 heavy (non-hydrogen) atoms. The van der Waals surface area contributed by atoms with E-state index in [1.807, 2.05) is 11.8 Å². The number of aromatic nitrogens is 2. The third-order valence-electron chi connectivity index (χ3n) is 3.55. The Hall–Kier alpha value is -1.01. The molecule has 1 atom stereocenters. The van der Waals surface area contributed by atoms with E-state index in [1.54, 1.807) is 11.3 Å². The van der Waals surface area contributed by atoms with Crippen LogP contribution in [0.5, 0.6) is 0 Å². The number of hydrogen-bond acceptors (Lipinski definition) is 6. The lowest BCUT2D eigenvalue weighted by Gasteiger charge is -2.23. The molecule has 0 aromatic carbocycles. The van der Waals surface area contributed by atoms with Crippen molar-refractivity contribution in [1.29, 1.82) is 0 Å². The molecular weight excluding hydrogens is 300 g/mol. The molecule has 1 saturated heterocycles. The third-order valence-corrected chi connectivity index (χ3v) is 5.71. The first-order valence-corrected chi connectivity index (χ1v) is 9.59. The first-order chi connectivity index (χ1) is 10.3. The zero-order valence-electron chi connectivity index (χ0n) is 12.6. The van der Waals surface area contributed by atoms with Gasteiger partial charge in [-0.3, -0.25) is 0 Å². The molecule has 2 N–H and O–H groups in total. The van der Waals surface area contributed by atoms with Crippen molar-refractivity contribution in [2.24, 2.45) is 0 Å². The van der Waals surface area contributed by atoms with Gasteiger partial charge in [0.25, 0.3) is 0 Å². The van der Waals surface area contributed by atoms with Crippen LogP contribution >= 0.6 is 23.1 Å². The van der Waals surface area contributed by atoms with Gasteiger partial charge in [0, 0.05) is 23.2 Å². The van der Waals surface area contributed by atoms with Gasteiger partial charge in [-0.15, -0.1) is 11.3 Å². The van der Waals surface area contributed by atoms with E-state index in [4.69, 9.17) is 4.98 Å². The first kappa shape index (κ1) is 14.9. The van der Waals surface area contributed by atoms with Crippen LogP contribution in [0.4, 0.5) is 11.8 Å². The maximum absolute atomic E-state index is 4.71. The number of nitrogens with zero attached hydrogens (tertiary/aromatic N) is 2. The Labute approximate surface area is 134 Å². The van der Waals surface area contributed by atoms with Crippen LogP contribution < -0.4 is 10.6 Å². The fourth-order valence-corrected chi connectivity index (χ4v) is 4.47. The van der Waals surface area contributed by atoms with Crippen molar-refractivity contribution in [3.63, 3.8) is 0 Å². The van der Waals surface area contributed by atoms with Crippen molar-refractivity contribution in [2.75, 3.05) is 28.7 Å². The molecule has 3 heterocycles. The number of hydrogen-bond donors (Lipinski definition) is 2. The highest BCUT2D eigenvalue weighted by Gasteiger charge is 2.17. The maximum atomic E-state index is 4.71. The molecule has 0 amide bonds. The van der Waals surface area contributed by atoms with Crippen molar-refractivity contribution < 1.29 is 0 Å². The van der Waals surface area contributed by atoms with E-state index in [1.165, 1.54) is 29.2 Å². The number of nitrogens with one attached hydrogen (secondary N) is 2. The molecular formula is C15H22N4S2. The Morgan fingerprint density at radius 1 is 1.38 bits per heavy atom. The number of thioether (sulfide) groups is 1. The van der Waals surface area contributed by atoms with Crippen molar-refractivity contribution in [1.82, 2.24) is 9.97 Å². The summed E-state index contributed by atoms with van der Waals surface area (Å²) in [7, 11) is 0. The second-order valence-electron chi connectivity index (χ2n) is 5.46. The Kier molecular flexibility index (Phi) is 4.85. The van der Waals surface area contributed by atoms with Crippen LogP contribution in [0.25, 0.3) is 10.2 Å². The van der Waals surface area contributed by atoms with E-state index in [2.05, 4.69) is 35.5 Å². The average molecular weight is 323 g/mol. The predicted molar refractivity (Wildman–Crippen MR) is 94.9 cm³/mol. The lowest BCUT2D eigenvalue weighted by atomic mass is 10.2. The van der Waals surface area contributed by atoms with Gasteiger partial charge in [-0.2, -0.15) is 16.7 Å². The summed E-state index contributed by atoms with van der Waals surface area (Å²) in [5, 5.41) is 8.12. The average Bonchev–Trinajstić information content (AvgIpc) is 2.87. The minimum absolute atomic E-state index is 0.529. The molecule has 1 fully saturated rings. The third kappa shape index (κ3) is 3.61. The summed E-state index contributed by atoms with van der Waals surface area (Å²) < 4.78 is 0. The van der Waals surface area contributed by atoms with Gasteiger partial charge in [-0.25, -0.2) is 4.98 Å². The molecule has 0 spiro atoms. The van der Waals surface area contributed by atoms with E-state index in [0.717, 1.165) is 34.9 Å². The zero-order chi connectivity index (χ0) is 14.7. The molecule has 0 saturated carbocycles. The van der Waals surface area contributed by atoms with Crippen molar-refractivity contribution in [3.05, 3.63) is 10.9 Å². The molecule has 1 unspecified atom stereocenters. The molecule has 6 heteroatoms. The SMILES string of the molecule is CCCNc1nc(NC2CCCSC2)c2cc(C)sc2n1. The minimum atomic E-state index is 0.529. The van der Waals surface area contributed by atoms with E-state index in [-0.39, 0.29) is 0 Å². The Morgan fingerprint density at radius 3 is 3.05 bits per heavy atom. The summed E-state index contributed by atoms with van der Waals surface area (Å²) in [6, 6.07) is 2.73. The van der Waals surface area contributed by atoms with Crippen molar-refractivity contribution in [3.8, 4) is 0 Å². The predicted octanol–water partition coefficient (Wildman–Crippen LogP) is 4.13. The Morgan fingerprint density at radius 2 is 2.29 bits per heavy atom. The molecule has 3 rings (SSSR count). The van der Waals surface area contributed by atoms with Gasteiger partial charge < -0.3 is 10.6 Å². The van der Waals surface area contributed by atoms with Gasteiger partial charge in [0.05, 0.1) is 5.39 Å². The lowest BCUT2D eigenvalue weighted by molar-refractivity contribution is 0.683. The second-order valence-corrected chi connectivity index (χ2v) is 7.84. The molecule has 2 aromatic rings. The quantitative estimate of drug-likeness (QED) is 0.867. The van der Waals surface area contributed by atoms with E-state index in [9.17, 15) is 0 Å². The van der Waals surface area contributed by atoms with E-state index >= 15 is 0 Å². The zero-order valence-corrected chi connectivity index (χ0v) is 14.2. The number of rotatable bonds is 5. The summed E-state index contributed by atoms with van der Waals surface area (Å²) in [4.78, 5) is 11.7. The number of thiophene rings is 1. The fraction of sp³-hybridized carbons (Fsp3) is 0.600. The highest BCUT2D eigenvalue weighted by Crippen LogP contribution is 2.31. The van der Waals surface area contributed by atoms with Gasteiger partial charge >= 0.3 is 0 Å². The maximum Gasteiger partial charge on any atom is 0.226 e. The van der Waals surface area contributed by atoms with E-state index < -0.39 is 0 Å². The van der Waals surface area contributed by atoms with E-state index in [0.29, 0.717) is 6.04 Å². The van der Waals surface area contributed by atoms with Crippen LogP contribution in [0.15, 0.2) is 6.07 Å². The van der Waals surface area contributed by atoms with Crippen LogP contribution in [0.2, 0.25) is 0 Å². The molecule has 2 aromatic heterocycles. The summed E-state index contributed by atoms with van der Waals surface area (Å²) in [6.45, 7) is 5.19. The normalized spacial score (nSPS) is 18.9. The molecule has 4 nitrogen and oxygen atoms in total. The molecule has 114 valence electrons. The second kappa shape index (κ2) is 6.83. The van der Waals surface area contributed by atoms with Crippen LogP contribution in [0.1, 0.15) is 31.1 Å². The highest BCUT2D eigenvalue weighted by atomic mass is 32.2. The summed E-state index contributed by atoms with van der Waals surface area (Å²) in [6.07, 6.45) is 3.60. The summed E-state index contributed by atoms with van der Waals surface area (Å²) in [5.74, 6) is 4.21. The summed E-state index contributed by atoms with van der Waals surface area (Å²) >= 11 is 3.77. The van der Waals surface area contributed by atoms with Gasteiger partial charge in [0.2, 0.25) is 5.95 Å². The standard InChI is InChI=1S/C15H22N4S2/c1-3-6-16-15-18-13(17-11-5-4-7-20-9-11)12-8-10(2)21-14(12)19-15/h8,11H,3-7,9H2,1-2H3,(H2,16,17,18,19). The summed E-state index contributed by atoms with van der Waals surface area (Å²) in [5.41, 5.74) is 0.